The number of amides is 1. The molecule has 0 atom stereocenters. The Morgan fingerprint density at radius 2 is 1.88 bits per heavy atom. The summed E-state index contributed by atoms with van der Waals surface area (Å²) in [5.74, 6) is 0.499. The molecule has 33 heavy (non-hydrogen) atoms. The molecule has 0 saturated carbocycles. The standard InChI is InChI=1S/C20H21BrN6O5S/c1-20(2,3)32-19(29)25-6-4-24(5-7-25)15-11-16(28)26-18(22-15)33-17(23-26)12-8-13(21)10-14(9-12)27(30)31/h8-11H,4-7H2,1-3H3. The number of aromatic nitrogens is 3. The van der Waals surface area contributed by atoms with Crippen molar-refractivity contribution < 1.29 is 14.5 Å². The lowest BCUT2D eigenvalue weighted by atomic mass is 10.2. The number of non-ortho nitro benzene ring substituents is 1. The first kappa shape index (κ1) is 23.1. The van der Waals surface area contributed by atoms with Crippen LogP contribution in [0.25, 0.3) is 15.5 Å². The number of piperazine rings is 1. The number of nitrogens with zero attached hydrogens (tertiary/aromatic N) is 6. The first-order valence-corrected chi connectivity index (χ1v) is 11.7. The number of carbonyl (C=O) groups is 1. The quantitative estimate of drug-likeness (QED) is 0.367. The second kappa shape index (κ2) is 8.71. The molecule has 1 aliphatic heterocycles. The van der Waals surface area contributed by atoms with E-state index in [9.17, 15) is 19.7 Å². The lowest BCUT2D eigenvalue weighted by molar-refractivity contribution is -0.384. The van der Waals surface area contributed by atoms with Gasteiger partial charge in [0.2, 0.25) is 4.96 Å². The van der Waals surface area contributed by atoms with Crippen molar-refractivity contribution in [3.05, 3.63) is 49.2 Å². The number of fused-ring (bicyclic) bond motifs is 1. The number of hydrogen-bond donors (Lipinski definition) is 0. The highest BCUT2D eigenvalue weighted by Gasteiger charge is 2.27. The average molecular weight is 537 g/mol. The van der Waals surface area contributed by atoms with Gasteiger partial charge in [-0.25, -0.2) is 9.78 Å². The summed E-state index contributed by atoms with van der Waals surface area (Å²) in [6.07, 6.45) is -0.360. The van der Waals surface area contributed by atoms with Crippen LogP contribution >= 0.6 is 27.3 Å². The maximum absolute atomic E-state index is 12.7. The normalized spacial score (nSPS) is 14.5. The van der Waals surface area contributed by atoms with Crippen molar-refractivity contribution in [3.8, 4) is 10.6 Å². The van der Waals surface area contributed by atoms with Crippen LogP contribution in [0.15, 0.2) is 33.5 Å². The zero-order chi connectivity index (χ0) is 23.9. The first-order valence-electron chi connectivity index (χ1n) is 10.1. The Hall–Kier alpha value is -3.06. The van der Waals surface area contributed by atoms with Crippen molar-refractivity contribution in [2.75, 3.05) is 31.1 Å². The van der Waals surface area contributed by atoms with Crippen LogP contribution in [-0.4, -0.2) is 62.3 Å². The van der Waals surface area contributed by atoms with E-state index in [0.717, 1.165) is 0 Å². The fourth-order valence-corrected chi connectivity index (χ4v) is 4.69. The van der Waals surface area contributed by atoms with Crippen LogP contribution in [0.2, 0.25) is 0 Å². The molecule has 3 heterocycles. The number of benzene rings is 1. The van der Waals surface area contributed by atoms with Gasteiger partial charge in [-0.15, -0.1) is 0 Å². The van der Waals surface area contributed by atoms with Crippen LogP contribution in [0.1, 0.15) is 20.8 Å². The molecule has 0 radical (unpaired) electrons. The molecule has 1 amide bonds. The van der Waals surface area contributed by atoms with E-state index >= 15 is 0 Å². The zero-order valence-corrected chi connectivity index (χ0v) is 20.6. The summed E-state index contributed by atoms with van der Waals surface area (Å²) < 4.78 is 7.14. The molecule has 0 N–H and O–H groups in total. The second-order valence-corrected chi connectivity index (χ2v) is 10.3. The van der Waals surface area contributed by atoms with Gasteiger partial charge >= 0.3 is 6.09 Å². The van der Waals surface area contributed by atoms with E-state index in [-0.39, 0.29) is 17.3 Å². The Labute approximate surface area is 200 Å². The van der Waals surface area contributed by atoms with E-state index in [4.69, 9.17) is 4.74 Å². The van der Waals surface area contributed by atoms with Crippen LogP contribution in [-0.2, 0) is 4.74 Å². The number of ether oxygens (including phenoxy) is 1. The zero-order valence-electron chi connectivity index (χ0n) is 18.1. The van der Waals surface area contributed by atoms with E-state index in [1.54, 1.807) is 11.0 Å². The molecule has 4 rings (SSSR count). The van der Waals surface area contributed by atoms with Gasteiger partial charge in [0.05, 0.1) is 4.92 Å². The fraction of sp³-hybridized carbons (Fsp3) is 0.400. The highest BCUT2D eigenvalue weighted by molar-refractivity contribution is 9.10. The summed E-state index contributed by atoms with van der Waals surface area (Å²) in [4.78, 5) is 44.2. The van der Waals surface area contributed by atoms with Crippen molar-refractivity contribution in [2.45, 2.75) is 26.4 Å². The van der Waals surface area contributed by atoms with E-state index in [1.807, 2.05) is 25.7 Å². The number of rotatable bonds is 3. The van der Waals surface area contributed by atoms with Crippen molar-refractivity contribution in [2.24, 2.45) is 0 Å². The van der Waals surface area contributed by atoms with Gasteiger partial charge in [-0.3, -0.25) is 14.9 Å². The summed E-state index contributed by atoms with van der Waals surface area (Å²) in [5.41, 5.74) is -0.480. The molecule has 1 saturated heterocycles. The summed E-state index contributed by atoms with van der Waals surface area (Å²) >= 11 is 4.45. The third-order valence-corrected chi connectivity index (χ3v) is 6.24. The highest BCUT2D eigenvalue weighted by Crippen LogP contribution is 2.31. The molecular weight excluding hydrogens is 516 g/mol. The van der Waals surface area contributed by atoms with Gasteiger partial charge in [-0.1, -0.05) is 27.3 Å². The van der Waals surface area contributed by atoms with Crippen molar-refractivity contribution in [1.29, 1.82) is 0 Å². The molecule has 0 spiro atoms. The predicted octanol–water partition coefficient (Wildman–Crippen LogP) is 3.55. The monoisotopic (exact) mass is 536 g/mol. The molecular formula is C20H21BrN6O5S. The highest BCUT2D eigenvalue weighted by atomic mass is 79.9. The van der Waals surface area contributed by atoms with Crippen molar-refractivity contribution in [1.82, 2.24) is 19.5 Å². The molecule has 1 aliphatic rings. The molecule has 174 valence electrons. The lowest BCUT2D eigenvalue weighted by Crippen LogP contribution is -2.50. The summed E-state index contributed by atoms with van der Waals surface area (Å²) in [5, 5.41) is 15.9. The summed E-state index contributed by atoms with van der Waals surface area (Å²) in [6.45, 7) is 7.38. The number of nitro benzene ring substituents is 1. The molecule has 1 aromatic carbocycles. The topological polar surface area (TPSA) is 123 Å². The van der Waals surface area contributed by atoms with Crippen LogP contribution in [0.4, 0.5) is 16.3 Å². The molecule has 11 nitrogen and oxygen atoms in total. The average Bonchev–Trinajstić information content (AvgIpc) is 3.17. The Morgan fingerprint density at radius 3 is 2.52 bits per heavy atom. The number of nitro groups is 1. The van der Waals surface area contributed by atoms with Gasteiger partial charge in [0.15, 0.2) is 0 Å². The SMILES string of the molecule is CC(C)(C)OC(=O)N1CCN(c2cc(=O)n3nc(-c4cc(Br)cc([N+](=O)[O-])c4)sc3n2)CC1. The van der Waals surface area contributed by atoms with Crippen molar-refractivity contribution >= 4 is 49.8 Å². The van der Waals surface area contributed by atoms with E-state index in [2.05, 4.69) is 26.0 Å². The molecule has 0 aliphatic carbocycles. The number of carbonyl (C=O) groups excluding carboxylic acids is 1. The Balaban J connectivity index is 1.57. The van der Waals surface area contributed by atoms with Gasteiger partial charge < -0.3 is 14.5 Å². The molecule has 3 aromatic rings. The smallest absolute Gasteiger partial charge is 0.410 e. The molecule has 13 heteroatoms. The van der Waals surface area contributed by atoms with Crippen LogP contribution in [0, 0.1) is 10.1 Å². The maximum Gasteiger partial charge on any atom is 0.410 e. The van der Waals surface area contributed by atoms with Gasteiger partial charge in [-0.05, 0) is 26.8 Å². The third-order valence-electron chi connectivity index (χ3n) is 4.83. The summed E-state index contributed by atoms with van der Waals surface area (Å²) in [7, 11) is 0. The molecule has 1 fully saturated rings. The van der Waals surface area contributed by atoms with Crippen LogP contribution in [0.5, 0.6) is 0 Å². The predicted molar refractivity (Wildman–Crippen MR) is 127 cm³/mol. The van der Waals surface area contributed by atoms with Crippen molar-refractivity contribution in [3.63, 3.8) is 0 Å². The summed E-state index contributed by atoms with van der Waals surface area (Å²) in [6, 6.07) is 5.91. The third kappa shape index (κ3) is 5.14. The fourth-order valence-electron chi connectivity index (χ4n) is 3.33. The van der Waals surface area contributed by atoms with Gasteiger partial charge in [0.25, 0.3) is 11.2 Å². The van der Waals surface area contributed by atoms with E-state index in [0.29, 0.717) is 52.0 Å². The van der Waals surface area contributed by atoms with Crippen LogP contribution < -0.4 is 10.5 Å². The number of anilines is 1. The lowest BCUT2D eigenvalue weighted by Gasteiger charge is -2.36. The molecule has 0 unspecified atom stereocenters. The minimum Gasteiger partial charge on any atom is -0.444 e. The Bertz CT molecular complexity index is 1290. The van der Waals surface area contributed by atoms with E-state index in [1.165, 1.54) is 34.1 Å². The minimum absolute atomic E-state index is 0.0810. The van der Waals surface area contributed by atoms with Gasteiger partial charge in [-0.2, -0.15) is 9.61 Å². The second-order valence-electron chi connectivity index (χ2n) is 8.46. The van der Waals surface area contributed by atoms with Gasteiger partial charge in [0, 0.05) is 54.4 Å². The number of halogens is 1. The molecule has 0 bridgehead atoms. The minimum atomic E-state index is -0.561. The van der Waals surface area contributed by atoms with Crippen LogP contribution in [0.3, 0.4) is 0 Å². The Morgan fingerprint density at radius 1 is 1.18 bits per heavy atom. The first-order chi connectivity index (χ1) is 15.5. The van der Waals surface area contributed by atoms with Gasteiger partial charge in [0.1, 0.15) is 16.4 Å². The maximum atomic E-state index is 12.7. The Kier molecular flexibility index (Phi) is 6.10. The van der Waals surface area contributed by atoms with E-state index < -0.39 is 10.5 Å². The number of hydrogen-bond acceptors (Lipinski definition) is 9. The largest absolute Gasteiger partial charge is 0.444 e. The molecule has 2 aromatic heterocycles.